The van der Waals surface area contributed by atoms with E-state index in [4.69, 9.17) is 20.4 Å². The van der Waals surface area contributed by atoms with Crippen molar-refractivity contribution >= 4 is 29.7 Å². The Hall–Kier alpha value is -7.83. The lowest BCUT2D eigenvalue weighted by molar-refractivity contribution is -0.137. The summed E-state index contributed by atoms with van der Waals surface area (Å²) >= 11 is 0. The molecule has 8 N–H and O–H groups in total. The van der Waals surface area contributed by atoms with Crippen LogP contribution in [-0.4, -0.2) is 70.3 Å². The summed E-state index contributed by atoms with van der Waals surface area (Å²) in [6.45, 7) is 1.79. The molecule has 0 spiro atoms. The molecule has 0 unspecified atom stereocenters. The van der Waals surface area contributed by atoms with Crippen LogP contribution in [0.5, 0.6) is 11.5 Å². The van der Waals surface area contributed by atoms with Gasteiger partial charge in [0, 0.05) is 17.5 Å². The van der Waals surface area contributed by atoms with Crippen molar-refractivity contribution in [2.75, 3.05) is 0 Å². The highest BCUT2D eigenvalue weighted by Crippen LogP contribution is 2.32. The van der Waals surface area contributed by atoms with Gasteiger partial charge in [0.25, 0.3) is 5.56 Å². The van der Waals surface area contributed by atoms with Crippen molar-refractivity contribution in [1.29, 1.82) is 0 Å². The lowest BCUT2D eigenvalue weighted by Gasteiger charge is -2.07. The first-order chi connectivity index (χ1) is 26.8. The van der Waals surface area contributed by atoms with Gasteiger partial charge in [-0.3, -0.25) is 24.4 Å². The van der Waals surface area contributed by atoms with E-state index in [1.54, 1.807) is 42.2 Å². The molecule has 5 rings (SSSR count). The minimum atomic E-state index is -2.44. The van der Waals surface area contributed by atoms with Crippen molar-refractivity contribution < 1.29 is 72.2 Å². The van der Waals surface area contributed by atoms with Crippen LogP contribution in [0.1, 0.15) is 65.5 Å². The summed E-state index contributed by atoms with van der Waals surface area (Å²) in [7, 11) is 0. The first-order valence-corrected chi connectivity index (χ1v) is 15.7. The number of nitrogens with one attached hydrogen (secondary N) is 2. The average Bonchev–Trinajstić information content (AvgIpc) is 3.16. The summed E-state index contributed by atoms with van der Waals surface area (Å²) in [6, 6.07) is 24.4. The van der Waals surface area contributed by atoms with Gasteiger partial charge < -0.3 is 30.6 Å². The molecule has 0 saturated carbocycles. The standard InChI is InChI=1S/C15H12O4.C13H10O3.C5H5F3O2.C5H3FN2O4/c1-9-6-7-13(16)12(8-9)14(17)10-4-2-3-5-11(10)15(18)19;14-12-10(9-5-2-1-3-6-9)7-4-8-11(12)13(15)16;6-3(5(7)8)1-2-4(9)10;6-1-2(4(10)11)7-5(12)8-3(1)9/h2-8,16H,1H3,(H,18,19);1-8,14H,(H,15,16);1-2H2,(H,9,10);(H,10,11)(H2,7,8,9,12). The molecule has 0 fully saturated rings. The number of H-pyrrole nitrogens is 2. The summed E-state index contributed by atoms with van der Waals surface area (Å²) in [5, 5.41) is 53.7. The second-order valence-corrected chi connectivity index (χ2v) is 11.0. The quantitative estimate of drug-likeness (QED) is 0.0609. The molecule has 0 saturated heterocycles. The summed E-state index contributed by atoms with van der Waals surface area (Å²) < 4.78 is 46.7. The van der Waals surface area contributed by atoms with E-state index in [2.05, 4.69) is 0 Å². The zero-order valence-corrected chi connectivity index (χ0v) is 29.1. The Morgan fingerprint density at radius 3 is 1.74 bits per heavy atom. The number of allylic oxidation sites excluding steroid dienone is 1. The van der Waals surface area contributed by atoms with Crippen molar-refractivity contribution in [2.24, 2.45) is 0 Å². The second-order valence-electron chi connectivity index (χ2n) is 11.0. The number of para-hydroxylation sites is 1. The number of aromatic hydroxyl groups is 2. The number of ketones is 1. The Bertz CT molecular complexity index is 2420. The Morgan fingerprint density at radius 1 is 0.632 bits per heavy atom. The van der Waals surface area contributed by atoms with Crippen LogP contribution in [0.4, 0.5) is 17.6 Å². The van der Waals surface area contributed by atoms with Gasteiger partial charge in [0.2, 0.25) is 5.82 Å². The number of hydrogen-bond donors (Lipinski definition) is 8. The second kappa shape index (κ2) is 21.2. The number of aryl methyl sites for hydroxylation is 1. The third kappa shape index (κ3) is 13.5. The topological polar surface area (TPSA) is 272 Å². The maximum Gasteiger partial charge on any atom is 0.355 e. The molecule has 15 nitrogen and oxygen atoms in total. The van der Waals surface area contributed by atoms with E-state index in [0.717, 1.165) is 11.1 Å². The lowest BCUT2D eigenvalue weighted by Crippen LogP contribution is -2.29. The molecule has 0 atom stereocenters. The lowest BCUT2D eigenvalue weighted by atomic mass is 9.97. The van der Waals surface area contributed by atoms with Gasteiger partial charge in [-0.15, -0.1) is 0 Å². The number of carboxylic acids is 4. The van der Waals surface area contributed by atoms with Crippen LogP contribution >= 0.6 is 0 Å². The number of carbonyl (C=O) groups excluding carboxylic acids is 1. The predicted octanol–water partition coefficient (Wildman–Crippen LogP) is 6.22. The first kappa shape index (κ1) is 45.3. The predicted molar refractivity (Wildman–Crippen MR) is 192 cm³/mol. The molecule has 0 aliphatic carbocycles. The average molecular weight is 799 g/mol. The number of carbonyl (C=O) groups is 5. The Balaban J connectivity index is 0.000000270. The molecular weight excluding hydrogens is 768 g/mol. The van der Waals surface area contributed by atoms with Crippen molar-refractivity contribution in [3.8, 4) is 22.6 Å². The Kier molecular flexibility index (Phi) is 16.8. The smallest absolute Gasteiger partial charge is 0.355 e. The zero-order valence-electron chi connectivity index (χ0n) is 29.1. The fourth-order valence-electron chi connectivity index (χ4n) is 4.34. The van der Waals surface area contributed by atoms with Crippen molar-refractivity contribution in [3.05, 3.63) is 163 Å². The van der Waals surface area contributed by atoms with Crippen LogP contribution in [-0.2, 0) is 4.79 Å². The molecular formula is C38H30F4N2O13. The molecule has 1 heterocycles. The maximum absolute atomic E-state index is 12.5. The molecule has 57 heavy (non-hydrogen) atoms. The summed E-state index contributed by atoms with van der Waals surface area (Å²) in [5.74, 6) is -9.31. The van der Waals surface area contributed by atoms with E-state index in [9.17, 15) is 61.3 Å². The normalized spacial score (nSPS) is 9.84. The number of halogens is 4. The van der Waals surface area contributed by atoms with Gasteiger partial charge in [0.05, 0.1) is 17.5 Å². The van der Waals surface area contributed by atoms with Crippen LogP contribution in [0.2, 0.25) is 0 Å². The Labute approximate surface area is 317 Å². The van der Waals surface area contributed by atoms with Crippen molar-refractivity contribution in [3.63, 3.8) is 0 Å². The highest BCUT2D eigenvalue weighted by atomic mass is 19.3. The number of aromatic nitrogens is 2. The third-order valence-corrected chi connectivity index (χ3v) is 7.01. The van der Waals surface area contributed by atoms with E-state index in [1.165, 1.54) is 35.3 Å². The van der Waals surface area contributed by atoms with Gasteiger partial charge in [0.15, 0.2) is 17.3 Å². The molecule has 5 aromatic rings. The van der Waals surface area contributed by atoms with Gasteiger partial charge in [0.1, 0.15) is 17.1 Å². The minimum absolute atomic E-state index is 0.0656. The number of rotatable bonds is 9. The fraction of sp³-hybridized carbons (Fsp3) is 0.0789. The fourth-order valence-corrected chi connectivity index (χ4v) is 4.34. The molecule has 0 amide bonds. The monoisotopic (exact) mass is 798 g/mol. The van der Waals surface area contributed by atoms with E-state index in [1.807, 2.05) is 30.3 Å². The van der Waals surface area contributed by atoms with Crippen molar-refractivity contribution in [1.82, 2.24) is 9.97 Å². The van der Waals surface area contributed by atoms with Gasteiger partial charge >= 0.3 is 35.6 Å². The summed E-state index contributed by atoms with van der Waals surface area (Å²) in [5.41, 5.74) is -1.30. The third-order valence-electron chi connectivity index (χ3n) is 7.01. The van der Waals surface area contributed by atoms with Gasteiger partial charge in [-0.05, 0) is 36.8 Å². The Morgan fingerprint density at radius 2 is 1.19 bits per heavy atom. The van der Waals surface area contributed by atoms with Crippen LogP contribution in [0.3, 0.4) is 0 Å². The number of aromatic carboxylic acids is 3. The van der Waals surface area contributed by atoms with Crippen LogP contribution < -0.4 is 11.2 Å². The van der Waals surface area contributed by atoms with Gasteiger partial charge in [-0.25, -0.2) is 23.6 Å². The van der Waals surface area contributed by atoms with E-state index in [-0.39, 0.29) is 33.8 Å². The molecule has 0 aliphatic heterocycles. The minimum Gasteiger partial charge on any atom is -0.507 e. The van der Waals surface area contributed by atoms with E-state index >= 15 is 0 Å². The van der Waals surface area contributed by atoms with Crippen LogP contribution in [0.15, 0.2) is 112 Å². The number of hydrogen-bond acceptors (Lipinski definition) is 9. The summed E-state index contributed by atoms with van der Waals surface area (Å²) in [6.07, 6.45) is -3.79. The van der Waals surface area contributed by atoms with Crippen LogP contribution in [0.25, 0.3) is 11.1 Å². The van der Waals surface area contributed by atoms with Crippen LogP contribution in [0, 0.1) is 12.7 Å². The number of benzene rings is 4. The SMILES string of the molecule is Cc1ccc(O)c(C(=O)c2ccccc2C(=O)O)c1.O=C(O)CCC(F)=C(F)F.O=C(O)c1[nH]c(=O)[nH]c(=O)c1F.O=C(O)c1cccc(-c2ccccc2)c1O. The highest BCUT2D eigenvalue weighted by molar-refractivity contribution is 6.15. The van der Waals surface area contributed by atoms with Crippen molar-refractivity contribution in [2.45, 2.75) is 19.8 Å². The molecule has 0 aliphatic rings. The number of carboxylic acid groups (broad SMARTS) is 4. The number of phenolic OH excluding ortho intramolecular Hbond substituents is 1. The van der Waals surface area contributed by atoms with Gasteiger partial charge in [-0.1, -0.05) is 72.3 Å². The maximum atomic E-state index is 12.5. The number of aliphatic carboxylic acids is 1. The number of aromatic amines is 2. The van der Waals surface area contributed by atoms with Gasteiger partial charge in [-0.2, -0.15) is 13.2 Å². The first-order valence-electron chi connectivity index (χ1n) is 15.7. The molecule has 298 valence electrons. The summed E-state index contributed by atoms with van der Waals surface area (Å²) in [4.78, 5) is 78.2. The highest BCUT2D eigenvalue weighted by Gasteiger charge is 2.20. The zero-order chi connectivity index (χ0) is 43.0. The molecule has 0 radical (unpaired) electrons. The largest absolute Gasteiger partial charge is 0.507 e. The van der Waals surface area contributed by atoms with E-state index < -0.39 is 77.2 Å². The van der Waals surface area contributed by atoms with E-state index in [0.29, 0.717) is 5.56 Å². The molecule has 0 bridgehead atoms. The molecule has 1 aromatic heterocycles. The number of phenols is 2. The molecule has 19 heteroatoms. The molecule has 4 aromatic carbocycles.